The third-order valence-electron chi connectivity index (χ3n) is 2.03. The van der Waals surface area contributed by atoms with E-state index in [0.29, 0.717) is 6.92 Å². The first-order valence-corrected chi connectivity index (χ1v) is 5.48. The van der Waals surface area contributed by atoms with Crippen LogP contribution in [0.4, 0.5) is 13.6 Å². The molecule has 0 fully saturated rings. The van der Waals surface area contributed by atoms with Crippen LogP contribution < -0.4 is 5.32 Å². The third kappa shape index (κ3) is 7.81. The van der Waals surface area contributed by atoms with E-state index in [-0.39, 0.29) is 0 Å². The van der Waals surface area contributed by atoms with Crippen molar-refractivity contribution in [2.75, 3.05) is 6.54 Å². The van der Waals surface area contributed by atoms with Crippen LogP contribution >= 0.6 is 0 Å². The number of amides is 1. The van der Waals surface area contributed by atoms with E-state index in [1.54, 1.807) is 20.8 Å². The minimum Gasteiger partial charge on any atom is -0.481 e. The Morgan fingerprint density at radius 3 is 2.11 bits per heavy atom. The maximum Gasteiger partial charge on any atom is 0.407 e. The van der Waals surface area contributed by atoms with Gasteiger partial charge >= 0.3 is 12.1 Å². The predicted octanol–water partition coefficient (Wildman–Crippen LogP) is 2.26. The highest BCUT2D eigenvalue weighted by Crippen LogP contribution is 2.26. The molecule has 0 aromatic rings. The lowest BCUT2D eigenvalue weighted by Gasteiger charge is -2.24. The Labute approximate surface area is 105 Å². The highest BCUT2D eigenvalue weighted by atomic mass is 19.3. The van der Waals surface area contributed by atoms with E-state index >= 15 is 0 Å². The van der Waals surface area contributed by atoms with E-state index < -0.39 is 42.5 Å². The first-order chi connectivity index (χ1) is 7.92. The van der Waals surface area contributed by atoms with Crippen LogP contribution in [0.3, 0.4) is 0 Å². The second-order valence-electron chi connectivity index (χ2n) is 5.13. The van der Waals surface area contributed by atoms with E-state index in [9.17, 15) is 18.4 Å². The largest absolute Gasteiger partial charge is 0.481 e. The summed E-state index contributed by atoms with van der Waals surface area (Å²) < 4.78 is 31.0. The number of aliphatic carboxylic acids is 1. The van der Waals surface area contributed by atoms with Gasteiger partial charge in [-0.15, -0.1) is 0 Å². The Balaban J connectivity index is 4.36. The van der Waals surface area contributed by atoms with Crippen molar-refractivity contribution in [2.45, 2.75) is 45.6 Å². The minimum atomic E-state index is -3.19. The van der Waals surface area contributed by atoms with Crippen LogP contribution in [0.1, 0.15) is 34.1 Å². The number of alkyl carbamates (subject to hydrolysis) is 1. The molecule has 0 aliphatic carbocycles. The highest BCUT2D eigenvalue weighted by Gasteiger charge is 2.36. The number of carboxylic acid groups (broad SMARTS) is 1. The zero-order chi connectivity index (χ0) is 14.6. The maximum absolute atomic E-state index is 13.1. The number of carboxylic acids is 1. The lowest BCUT2D eigenvalue weighted by molar-refractivity contribution is -0.142. The summed E-state index contributed by atoms with van der Waals surface area (Å²) in [6.07, 6.45) is -1.57. The Morgan fingerprint density at radius 2 is 1.78 bits per heavy atom. The van der Waals surface area contributed by atoms with Crippen molar-refractivity contribution in [1.29, 1.82) is 0 Å². The Hall–Kier alpha value is -1.40. The van der Waals surface area contributed by atoms with Crippen molar-refractivity contribution < 1.29 is 28.2 Å². The number of halogens is 2. The molecule has 0 rings (SSSR count). The smallest absolute Gasteiger partial charge is 0.407 e. The zero-order valence-corrected chi connectivity index (χ0v) is 10.9. The summed E-state index contributed by atoms with van der Waals surface area (Å²) in [5, 5.41) is 10.7. The molecule has 0 saturated carbocycles. The molecular formula is C11H19F2NO4. The molecule has 1 atom stereocenters. The van der Waals surface area contributed by atoms with Gasteiger partial charge in [-0.2, -0.15) is 0 Å². The first kappa shape index (κ1) is 16.6. The lowest BCUT2D eigenvalue weighted by Crippen LogP contribution is -2.40. The molecule has 1 amide bonds. The van der Waals surface area contributed by atoms with Crippen LogP contribution in [-0.4, -0.2) is 35.2 Å². The molecule has 0 aliphatic rings. The summed E-state index contributed by atoms with van der Waals surface area (Å²) in [7, 11) is 0. The topological polar surface area (TPSA) is 75.6 Å². The first-order valence-electron chi connectivity index (χ1n) is 5.48. The van der Waals surface area contributed by atoms with E-state index in [2.05, 4.69) is 5.32 Å². The van der Waals surface area contributed by atoms with Gasteiger partial charge in [0.25, 0.3) is 0 Å². The molecule has 0 bridgehead atoms. The van der Waals surface area contributed by atoms with Gasteiger partial charge in [0.05, 0.1) is 12.3 Å². The fourth-order valence-corrected chi connectivity index (χ4v) is 1.16. The van der Waals surface area contributed by atoms with Gasteiger partial charge in [0.1, 0.15) is 5.60 Å². The van der Waals surface area contributed by atoms with Gasteiger partial charge in [0, 0.05) is 6.54 Å². The van der Waals surface area contributed by atoms with Gasteiger partial charge in [-0.25, -0.2) is 13.6 Å². The zero-order valence-electron chi connectivity index (χ0n) is 10.9. The quantitative estimate of drug-likeness (QED) is 0.801. The van der Waals surface area contributed by atoms with Crippen LogP contribution in [0, 0.1) is 5.92 Å². The number of hydrogen-bond donors (Lipinski definition) is 2. The van der Waals surface area contributed by atoms with Gasteiger partial charge in [0.2, 0.25) is 5.92 Å². The lowest BCUT2D eigenvalue weighted by atomic mass is 9.99. The van der Waals surface area contributed by atoms with Gasteiger partial charge in [-0.05, 0) is 27.7 Å². The number of nitrogens with one attached hydrogen (secondary N) is 1. The molecule has 0 heterocycles. The average Bonchev–Trinajstić information content (AvgIpc) is 2.06. The number of carbonyl (C=O) groups excluding carboxylic acids is 1. The monoisotopic (exact) mass is 267 g/mol. The van der Waals surface area contributed by atoms with Crippen molar-refractivity contribution in [3.05, 3.63) is 0 Å². The number of hydrogen-bond acceptors (Lipinski definition) is 3. The summed E-state index contributed by atoms with van der Waals surface area (Å²) in [6, 6.07) is 0. The maximum atomic E-state index is 13.1. The van der Waals surface area contributed by atoms with Crippen molar-refractivity contribution in [3.63, 3.8) is 0 Å². The standard InChI is InChI=1S/C11H19F2NO4/c1-10(2,3)18-9(17)14-6-7(5-8(15)16)11(4,12)13/h7H,5-6H2,1-4H3,(H,14,17)(H,15,16). The SMILES string of the molecule is CC(C)(C)OC(=O)NCC(CC(=O)O)C(C)(F)F. The van der Waals surface area contributed by atoms with Crippen molar-refractivity contribution in [2.24, 2.45) is 5.92 Å². The van der Waals surface area contributed by atoms with Crippen LogP contribution in [0.15, 0.2) is 0 Å². The fourth-order valence-electron chi connectivity index (χ4n) is 1.16. The Kier molecular flexibility index (Phi) is 5.51. The summed E-state index contributed by atoms with van der Waals surface area (Å²) in [6.45, 7) is 5.07. The predicted molar refractivity (Wildman–Crippen MR) is 60.6 cm³/mol. The van der Waals surface area contributed by atoms with Gasteiger partial charge in [-0.1, -0.05) is 0 Å². The van der Waals surface area contributed by atoms with E-state index in [0.717, 1.165) is 0 Å². The molecule has 1 unspecified atom stereocenters. The molecule has 0 aromatic carbocycles. The van der Waals surface area contributed by atoms with E-state index in [4.69, 9.17) is 9.84 Å². The van der Waals surface area contributed by atoms with Crippen molar-refractivity contribution in [3.8, 4) is 0 Å². The summed E-state index contributed by atoms with van der Waals surface area (Å²) in [4.78, 5) is 21.7. The molecule has 18 heavy (non-hydrogen) atoms. The summed E-state index contributed by atoms with van der Waals surface area (Å²) in [5.74, 6) is -6.00. The summed E-state index contributed by atoms with van der Waals surface area (Å²) >= 11 is 0. The second-order valence-corrected chi connectivity index (χ2v) is 5.13. The summed E-state index contributed by atoms with van der Waals surface area (Å²) in [5.41, 5.74) is -0.735. The van der Waals surface area contributed by atoms with Crippen LogP contribution in [0.25, 0.3) is 0 Å². The molecular weight excluding hydrogens is 248 g/mol. The number of carbonyl (C=O) groups is 2. The molecule has 7 heteroatoms. The molecule has 0 aromatic heterocycles. The molecule has 0 radical (unpaired) electrons. The van der Waals surface area contributed by atoms with E-state index in [1.807, 2.05) is 0 Å². The molecule has 0 saturated heterocycles. The van der Waals surface area contributed by atoms with E-state index in [1.165, 1.54) is 0 Å². The van der Waals surface area contributed by atoms with Crippen molar-refractivity contribution >= 4 is 12.1 Å². The van der Waals surface area contributed by atoms with Gasteiger partial charge in [-0.3, -0.25) is 4.79 Å². The van der Waals surface area contributed by atoms with Crippen LogP contribution in [-0.2, 0) is 9.53 Å². The molecule has 2 N–H and O–H groups in total. The van der Waals surface area contributed by atoms with Crippen LogP contribution in [0.2, 0.25) is 0 Å². The Bertz CT molecular complexity index is 307. The van der Waals surface area contributed by atoms with Gasteiger partial charge in [0.15, 0.2) is 0 Å². The second kappa shape index (κ2) is 5.97. The van der Waals surface area contributed by atoms with Crippen LogP contribution in [0.5, 0.6) is 0 Å². The molecule has 5 nitrogen and oxygen atoms in total. The molecule has 0 spiro atoms. The number of alkyl halides is 2. The van der Waals surface area contributed by atoms with Crippen molar-refractivity contribution in [1.82, 2.24) is 5.32 Å². The highest BCUT2D eigenvalue weighted by molar-refractivity contribution is 5.69. The fraction of sp³-hybridized carbons (Fsp3) is 0.818. The number of rotatable bonds is 5. The minimum absolute atomic E-state index is 0.454. The number of ether oxygens (including phenoxy) is 1. The normalized spacial score (nSPS) is 13.9. The van der Waals surface area contributed by atoms with Gasteiger partial charge < -0.3 is 15.2 Å². The Morgan fingerprint density at radius 1 is 1.28 bits per heavy atom. The average molecular weight is 267 g/mol. The molecule has 0 aliphatic heterocycles. The molecule has 106 valence electrons. The third-order valence-corrected chi connectivity index (χ3v) is 2.03.